The maximum absolute atomic E-state index is 11.1. The van der Waals surface area contributed by atoms with Crippen molar-refractivity contribution >= 4 is 43.3 Å². The van der Waals surface area contributed by atoms with Gasteiger partial charge in [-0.15, -0.1) is 0 Å². The zero-order valence-corrected chi connectivity index (χ0v) is 10.6. The molecule has 74 valence electrons. The van der Waals surface area contributed by atoms with E-state index >= 15 is 0 Å². The molecular weight excluding hydrogens is 310 g/mol. The van der Waals surface area contributed by atoms with E-state index in [1.54, 1.807) is 0 Å². The standard InChI is InChI=1S/C10H9Br2NO/c11-7-1-2-10(9(12)5-7)13-4-3-8(14)6-13/h1-2,5H,3-4,6H2. The lowest BCUT2D eigenvalue weighted by atomic mass is 10.3. The van der Waals surface area contributed by atoms with Crippen LogP contribution in [-0.2, 0) is 4.79 Å². The smallest absolute Gasteiger partial charge is 0.153 e. The van der Waals surface area contributed by atoms with Crippen LogP contribution in [-0.4, -0.2) is 18.9 Å². The predicted molar refractivity (Wildman–Crippen MR) is 63.7 cm³/mol. The molecule has 2 nitrogen and oxygen atoms in total. The lowest BCUT2D eigenvalue weighted by Crippen LogP contribution is -2.19. The Morgan fingerprint density at radius 3 is 2.64 bits per heavy atom. The molecule has 1 aliphatic heterocycles. The van der Waals surface area contributed by atoms with Crippen molar-refractivity contribution in [2.45, 2.75) is 6.42 Å². The van der Waals surface area contributed by atoms with Gasteiger partial charge in [-0.2, -0.15) is 0 Å². The molecule has 0 radical (unpaired) electrons. The first-order valence-corrected chi connectivity index (χ1v) is 5.97. The molecule has 0 N–H and O–H groups in total. The monoisotopic (exact) mass is 317 g/mol. The second kappa shape index (κ2) is 4.03. The molecule has 0 spiro atoms. The number of halogens is 2. The molecule has 1 saturated heterocycles. The van der Waals surface area contributed by atoms with Gasteiger partial charge in [0, 0.05) is 21.9 Å². The molecule has 0 amide bonds. The Kier molecular flexibility index (Phi) is 2.93. The Balaban J connectivity index is 2.28. The van der Waals surface area contributed by atoms with Gasteiger partial charge in [0.25, 0.3) is 0 Å². The van der Waals surface area contributed by atoms with Crippen molar-refractivity contribution in [2.75, 3.05) is 18.0 Å². The van der Waals surface area contributed by atoms with E-state index in [4.69, 9.17) is 0 Å². The molecule has 14 heavy (non-hydrogen) atoms. The summed E-state index contributed by atoms with van der Waals surface area (Å²) in [5, 5.41) is 0. The van der Waals surface area contributed by atoms with E-state index in [2.05, 4.69) is 36.8 Å². The Morgan fingerprint density at radius 1 is 1.29 bits per heavy atom. The van der Waals surface area contributed by atoms with E-state index in [9.17, 15) is 4.79 Å². The molecule has 0 saturated carbocycles. The van der Waals surface area contributed by atoms with Crippen molar-refractivity contribution in [2.24, 2.45) is 0 Å². The van der Waals surface area contributed by atoms with E-state index in [-0.39, 0.29) is 0 Å². The maximum atomic E-state index is 11.1. The fraction of sp³-hybridized carbons (Fsp3) is 0.300. The molecule has 0 aliphatic carbocycles. The third-order valence-electron chi connectivity index (χ3n) is 2.28. The molecule has 4 heteroatoms. The minimum absolute atomic E-state index is 0.319. The second-order valence-electron chi connectivity index (χ2n) is 3.31. The highest BCUT2D eigenvalue weighted by atomic mass is 79.9. The molecule has 2 rings (SSSR count). The molecule has 1 heterocycles. The highest BCUT2D eigenvalue weighted by Gasteiger charge is 2.20. The average Bonchev–Trinajstić information content (AvgIpc) is 2.51. The van der Waals surface area contributed by atoms with Crippen LogP contribution in [0.3, 0.4) is 0 Å². The summed E-state index contributed by atoms with van der Waals surface area (Å²) < 4.78 is 2.07. The van der Waals surface area contributed by atoms with Crippen LogP contribution >= 0.6 is 31.9 Å². The zero-order valence-electron chi connectivity index (χ0n) is 7.46. The minimum atomic E-state index is 0.319. The Morgan fingerprint density at radius 2 is 2.07 bits per heavy atom. The number of nitrogens with zero attached hydrogens (tertiary/aromatic N) is 1. The highest BCUT2D eigenvalue weighted by Crippen LogP contribution is 2.30. The minimum Gasteiger partial charge on any atom is -0.363 e. The van der Waals surface area contributed by atoms with Gasteiger partial charge in [-0.05, 0) is 34.1 Å². The van der Waals surface area contributed by atoms with Gasteiger partial charge in [-0.3, -0.25) is 4.79 Å². The Hall–Kier alpha value is -0.350. The van der Waals surface area contributed by atoms with Crippen LogP contribution in [0, 0.1) is 0 Å². The van der Waals surface area contributed by atoms with Gasteiger partial charge in [0.1, 0.15) is 0 Å². The van der Waals surface area contributed by atoms with Crippen LogP contribution in [0.25, 0.3) is 0 Å². The first kappa shape index (κ1) is 10.2. The van der Waals surface area contributed by atoms with Crippen molar-refractivity contribution in [1.82, 2.24) is 0 Å². The van der Waals surface area contributed by atoms with E-state index in [1.807, 2.05) is 18.2 Å². The fourth-order valence-corrected chi connectivity index (χ4v) is 2.87. The second-order valence-corrected chi connectivity index (χ2v) is 5.08. The SMILES string of the molecule is O=C1CCN(c2ccc(Br)cc2Br)C1. The largest absolute Gasteiger partial charge is 0.363 e. The summed E-state index contributed by atoms with van der Waals surface area (Å²) in [5.74, 6) is 0.319. The van der Waals surface area contributed by atoms with Gasteiger partial charge in [0.2, 0.25) is 0 Å². The van der Waals surface area contributed by atoms with Crippen LogP contribution in [0.15, 0.2) is 27.1 Å². The molecule has 1 aromatic carbocycles. The van der Waals surface area contributed by atoms with Gasteiger partial charge < -0.3 is 4.90 Å². The highest BCUT2D eigenvalue weighted by molar-refractivity contribution is 9.11. The van der Waals surface area contributed by atoms with Crippen molar-refractivity contribution < 1.29 is 4.79 Å². The first-order chi connectivity index (χ1) is 6.66. The summed E-state index contributed by atoms with van der Waals surface area (Å²) in [7, 11) is 0. The Labute approximate surface area is 99.5 Å². The van der Waals surface area contributed by atoms with E-state index < -0.39 is 0 Å². The van der Waals surface area contributed by atoms with Crippen LogP contribution in [0.5, 0.6) is 0 Å². The average molecular weight is 319 g/mol. The molecular formula is C10H9Br2NO. The normalized spacial score (nSPS) is 16.4. The first-order valence-electron chi connectivity index (χ1n) is 4.38. The molecule has 1 fully saturated rings. The maximum Gasteiger partial charge on any atom is 0.153 e. The fourth-order valence-electron chi connectivity index (χ4n) is 1.57. The summed E-state index contributed by atoms with van der Waals surface area (Å²) in [6.07, 6.45) is 0.669. The zero-order chi connectivity index (χ0) is 10.1. The van der Waals surface area contributed by atoms with E-state index in [1.165, 1.54) is 0 Å². The van der Waals surface area contributed by atoms with Crippen molar-refractivity contribution in [3.8, 4) is 0 Å². The van der Waals surface area contributed by atoms with Gasteiger partial charge in [-0.25, -0.2) is 0 Å². The number of anilines is 1. The van der Waals surface area contributed by atoms with Gasteiger partial charge in [-0.1, -0.05) is 15.9 Å². The lowest BCUT2D eigenvalue weighted by Gasteiger charge is -2.18. The third-order valence-corrected chi connectivity index (χ3v) is 3.41. The number of hydrogen-bond acceptors (Lipinski definition) is 2. The molecule has 0 aromatic heterocycles. The predicted octanol–water partition coefficient (Wildman–Crippen LogP) is 2.99. The number of carbonyl (C=O) groups is 1. The quantitative estimate of drug-likeness (QED) is 0.793. The number of ketones is 1. The molecule has 0 bridgehead atoms. The number of benzene rings is 1. The summed E-state index contributed by atoms with van der Waals surface area (Å²) in [6.45, 7) is 1.37. The van der Waals surface area contributed by atoms with Crippen LogP contribution < -0.4 is 4.90 Å². The van der Waals surface area contributed by atoms with Gasteiger partial charge >= 0.3 is 0 Å². The lowest BCUT2D eigenvalue weighted by molar-refractivity contribution is -0.116. The van der Waals surface area contributed by atoms with E-state index in [0.29, 0.717) is 18.7 Å². The van der Waals surface area contributed by atoms with E-state index in [0.717, 1.165) is 21.2 Å². The van der Waals surface area contributed by atoms with Crippen LogP contribution in [0.4, 0.5) is 5.69 Å². The number of Topliss-reactive ketones (excluding diaryl/α,β-unsaturated/α-hetero) is 1. The summed E-state index contributed by atoms with van der Waals surface area (Å²) in [5.41, 5.74) is 1.10. The summed E-state index contributed by atoms with van der Waals surface area (Å²) in [4.78, 5) is 13.2. The third kappa shape index (κ3) is 2.01. The van der Waals surface area contributed by atoms with Crippen LogP contribution in [0.1, 0.15) is 6.42 Å². The Bertz CT molecular complexity index is 378. The van der Waals surface area contributed by atoms with Crippen molar-refractivity contribution in [3.05, 3.63) is 27.1 Å². The molecule has 1 aromatic rings. The van der Waals surface area contributed by atoms with Crippen LogP contribution in [0.2, 0.25) is 0 Å². The molecule has 0 atom stereocenters. The van der Waals surface area contributed by atoms with Crippen molar-refractivity contribution in [1.29, 1.82) is 0 Å². The molecule has 1 aliphatic rings. The van der Waals surface area contributed by atoms with Crippen molar-refractivity contribution in [3.63, 3.8) is 0 Å². The number of hydrogen-bond donors (Lipinski definition) is 0. The van der Waals surface area contributed by atoms with Gasteiger partial charge in [0.05, 0.1) is 12.2 Å². The molecule has 0 unspecified atom stereocenters. The number of rotatable bonds is 1. The number of carbonyl (C=O) groups excluding carboxylic acids is 1. The topological polar surface area (TPSA) is 20.3 Å². The summed E-state index contributed by atoms with van der Waals surface area (Å²) >= 11 is 6.90. The van der Waals surface area contributed by atoms with Gasteiger partial charge in [0.15, 0.2) is 5.78 Å². The summed E-state index contributed by atoms with van der Waals surface area (Å²) in [6, 6.07) is 6.01.